The topological polar surface area (TPSA) is 70.0 Å². The summed E-state index contributed by atoms with van der Waals surface area (Å²) in [6.45, 7) is 4.90. The maximum atomic E-state index is 10.8. The normalized spacial score (nSPS) is 17.8. The van der Waals surface area contributed by atoms with Crippen molar-refractivity contribution in [3.63, 3.8) is 0 Å². The second-order valence-corrected chi connectivity index (χ2v) is 6.81. The number of benzene rings is 1. The first-order valence-corrected chi connectivity index (χ1v) is 8.85. The van der Waals surface area contributed by atoms with Crippen LogP contribution in [0.4, 0.5) is 0 Å². The molecular weight excluding hydrogens is 330 g/mol. The van der Waals surface area contributed by atoms with Crippen LogP contribution in [0.25, 0.3) is 0 Å². The summed E-state index contributed by atoms with van der Waals surface area (Å²) in [5.74, 6) is -0.837. The summed E-state index contributed by atoms with van der Waals surface area (Å²) in [6.07, 6.45) is 2.12. The maximum Gasteiger partial charge on any atom is 0.303 e. The Balaban J connectivity index is 1.90. The Morgan fingerprint density at radius 1 is 1.38 bits per heavy atom. The molecule has 1 aromatic rings. The number of halogens is 1. The zero-order chi connectivity index (χ0) is 17.5. The highest BCUT2D eigenvalue weighted by Crippen LogP contribution is 2.26. The van der Waals surface area contributed by atoms with Crippen LogP contribution >= 0.6 is 11.6 Å². The van der Waals surface area contributed by atoms with E-state index < -0.39 is 12.1 Å². The average Bonchev–Trinajstić information content (AvgIpc) is 3.03. The highest BCUT2D eigenvalue weighted by Gasteiger charge is 2.18. The van der Waals surface area contributed by atoms with Crippen LogP contribution in [0.15, 0.2) is 18.2 Å². The zero-order valence-electron chi connectivity index (χ0n) is 14.1. The molecule has 2 atom stereocenters. The van der Waals surface area contributed by atoms with E-state index in [0.717, 1.165) is 24.2 Å². The number of likely N-dealkylation sites (tertiary alicyclic amines) is 1. The minimum atomic E-state index is -0.837. The highest BCUT2D eigenvalue weighted by molar-refractivity contribution is 6.30. The molecule has 134 valence electrons. The molecule has 1 aromatic carbocycles. The molecule has 1 aliphatic heterocycles. The summed E-state index contributed by atoms with van der Waals surface area (Å²) in [5, 5.41) is 19.6. The van der Waals surface area contributed by atoms with Crippen LogP contribution < -0.4 is 0 Å². The predicted molar refractivity (Wildman–Crippen MR) is 93.5 cm³/mol. The van der Waals surface area contributed by atoms with E-state index in [4.69, 9.17) is 21.4 Å². The van der Waals surface area contributed by atoms with Gasteiger partial charge in [0.05, 0.1) is 18.8 Å². The van der Waals surface area contributed by atoms with E-state index in [1.807, 2.05) is 13.0 Å². The van der Waals surface area contributed by atoms with Crippen LogP contribution in [0, 0.1) is 0 Å². The van der Waals surface area contributed by atoms with Crippen LogP contribution in [-0.2, 0) is 16.0 Å². The number of hydrogen-bond donors (Lipinski definition) is 2. The van der Waals surface area contributed by atoms with E-state index >= 15 is 0 Å². The molecule has 24 heavy (non-hydrogen) atoms. The van der Waals surface area contributed by atoms with Crippen LogP contribution in [0.3, 0.4) is 0 Å². The molecule has 2 unspecified atom stereocenters. The lowest BCUT2D eigenvalue weighted by molar-refractivity contribution is -0.136. The minimum absolute atomic E-state index is 0.0532. The number of carboxylic acid groups (broad SMARTS) is 1. The number of carbonyl (C=O) groups is 1. The van der Waals surface area contributed by atoms with Crippen LogP contribution in [0.2, 0.25) is 5.02 Å². The smallest absolute Gasteiger partial charge is 0.303 e. The summed E-state index contributed by atoms with van der Waals surface area (Å²) in [5.41, 5.74) is 1.81. The molecule has 0 saturated carbocycles. The number of aryl methyl sites for hydroxylation is 1. The fourth-order valence-corrected chi connectivity index (χ4v) is 3.28. The van der Waals surface area contributed by atoms with Gasteiger partial charge in [0.15, 0.2) is 0 Å². The molecule has 0 bridgehead atoms. The number of aliphatic carboxylic acids is 1. The molecule has 0 amide bonds. The second-order valence-electron chi connectivity index (χ2n) is 6.37. The Morgan fingerprint density at radius 2 is 2.08 bits per heavy atom. The van der Waals surface area contributed by atoms with Crippen molar-refractivity contribution in [2.24, 2.45) is 0 Å². The van der Waals surface area contributed by atoms with Gasteiger partial charge in [-0.3, -0.25) is 4.79 Å². The van der Waals surface area contributed by atoms with Gasteiger partial charge in [0.25, 0.3) is 0 Å². The summed E-state index contributed by atoms with van der Waals surface area (Å²) in [7, 11) is 0. The molecule has 1 fully saturated rings. The van der Waals surface area contributed by atoms with E-state index in [0.29, 0.717) is 18.0 Å². The number of aliphatic hydroxyl groups is 1. The molecule has 2 rings (SSSR count). The van der Waals surface area contributed by atoms with Gasteiger partial charge < -0.3 is 19.8 Å². The quantitative estimate of drug-likeness (QED) is 0.712. The maximum absolute atomic E-state index is 10.8. The van der Waals surface area contributed by atoms with E-state index in [2.05, 4.69) is 4.90 Å². The number of ether oxygens (including phenoxy) is 1. The van der Waals surface area contributed by atoms with Gasteiger partial charge >= 0.3 is 5.97 Å². The highest BCUT2D eigenvalue weighted by atomic mass is 35.5. The fourth-order valence-electron chi connectivity index (χ4n) is 3.09. The predicted octanol–water partition coefficient (Wildman–Crippen LogP) is 2.89. The molecule has 0 aromatic heterocycles. The summed E-state index contributed by atoms with van der Waals surface area (Å²) in [6, 6.07) is 5.44. The van der Waals surface area contributed by atoms with E-state index in [1.54, 1.807) is 12.1 Å². The van der Waals surface area contributed by atoms with E-state index in [9.17, 15) is 9.90 Å². The van der Waals surface area contributed by atoms with Crippen molar-refractivity contribution in [3.8, 4) is 0 Å². The third-order valence-corrected chi connectivity index (χ3v) is 4.59. The van der Waals surface area contributed by atoms with E-state index in [-0.39, 0.29) is 19.1 Å². The lowest BCUT2D eigenvalue weighted by Gasteiger charge is -2.22. The van der Waals surface area contributed by atoms with Gasteiger partial charge in [0.1, 0.15) is 0 Å². The zero-order valence-corrected chi connectivity index (χ0v) is 14.8. The van der Waals surface area contributed by atoms with Gasteiger partial charge in [-0.15, -0.1) is 0 Å². The fraction of sp³-hybridized carbons (Fsp3) is 0.611. The first-order valence-electron chi connectivity index (χ1n) is 8.48. The molecule has 0 aliphatic carbocycles. The molecule has 1 aliphatic rings. The monoisotopic (exact) mass is 355 g/mol. The van der Waals surface area contributed by atoms with Gasteiger partial charge in [-0.25, -0.2) is 0 Å². The first kappa shape index (κ1) is 19.2. The lowest BCUT2D eigenvalue weighted by Crippen LogP contribution is -2.33. The Hall–Kier alpha value is -1.14. The van der Waals surface area contributed by atoms with Crippen molar-refractivity contribution in [3.05, 3.63) is 34.3 Å². The molecule has 2 N–H and O–H groups in total. The molecule has 1 saturated heterocycles. The Kier molecular flexibility index (Phi) is 7.49. The van der Waals surface area contributed by atoms with Crippen molar-refractivity contribution in [1.82, 2.24) is 4.90 Å². The molecular formula is C18H26ClNO4. The van der Waals surface area contributed by atoms with Crippen molar-refractivity contribution in [2.45, 2.75) is 44.8 Å². The Bertz CT molecular complexity index is 546. The average molecular weight is 356 g/mol. The van der Waals surface area contributed by atoms with Gasteiger partial charge in [-0.05, 0) is 62.5 Å². The van der Waals surface area contributed by atoms with Gasteiger partial charge in [-0.1, -0.05) is 17.7 Å². The standard InChI is InChI=1S/C18H26ClNO4/c1-13(24-12-16(21)11-20-8-2-3-9-20)17-6-5-15(19)10-14(17)4-7-18(22)23/h5-6,10,13,16,21H,2-4,7-9,11-12H2,1H3,(H,22,23). The van der Waals surface area contributed by atoms with Crippen LogP contribution in [0.1, 0.15) is 43.4 Å². The number of rotatable bonds is 9. The van der Waals surface area contributed by atoms with Crippen LogP contribution in [0.5, 0.6) is 0 Å². The van der Waals surface area contributed by atoms with Crippen molar-refractivity contribution in [1.29, 1.82) is 0 Å². The molecule has 1 heterocycles. The Morgan fingerprint density at radius 3 is 2.75 bits per heavy atom. The number of nitrogens with zero attached hydrogens (tertiary/aromatic N) is 1. The molecule has 0 spiro atoms. The Labute approximate surface area is 148 Å². The summed E-state index contributed by atoms with van der Waals surface area (Å²) < 4.78 is 5.82. The van der Waals surface area contributed by atoms with Gasteiger partial charge in [0.2, 0.25) is 0 Å². The third-order valence-electron chi connectivity index (χ3n) is 4.36. The first-order chi connectivity index (χ1) is 11.5. The van der Waals surface area contributed by atoms with Gasteiger partial charge in [-0.2, -0.15) is 0 Å². The molecule has 6 heteroatoms. The number of hydrogen-bond acceptors (Lipinski definition) is 4. The van der Waals surface area contributed by atoms with Crippen molar-refractivity contribution in [2.75, 3.05) is 26.2 Å². The van der Waals surface area contributed by atoms with Crippen molar-refractivity contribution >= 4 is 17.6 Å². The summed E-state index contributed by atoms with van der Waals surface area (Å²) in [4.78, 5) is 13.1. The molecule has 5 nitrogen and oxygen atoms in total. The third kappa shape index (κ3) is 6.06. The number of aliphatic hydroxyl groups excluding tert-OH is 1. The van der Waals surface area contributed by atoms with Crippen molar-refractivity contribution < 1.29 is 19.7 Å². The second kappa shape index (κ2) is 9.37. The lowest BCUT2D eigenvalue weighted by atomic mass is 9.99. The number of carboxylic acids is 1. The van der Waals surface area contributed by atoms with Crippen LogP contribution in [-0.4, -0.2) is 53.4 Å². The molecule has 0 radical (unpaired) electrons. The van der Waals surface area contributed by atoms with Gasteiger partial charge in [0, 0.05) is 18.0 Å². The largest absolute Gasteiger partial charge is 0.481 e. The number of β-amino-alcohol motifs (C(OH)–C–C–N with tert-alkyl or cyclic N) is 1. The minimum Gasteiger partial charge on any atom is -0.481 e. The van der Waals surface area contributed by atoms with E-state index in [1.165, 1.54) is 12.8 Å². The summed E-state index contributed by atoms with van der Waals surface area (Å²) >= 11 is 6.03. The SMILES string of the molecule is CC(OCC(O)CN1CCCC1)c1ccc(Cl)cc1CCC(=O)O.